The fourth-order valence-corrected chi connectivity index (χ4v) is 1.96. The van der Waals surface area contributed by atoms with Crippen LogP contribution in [0.5, 0.6) is 0 Å². The fraction of sp³-hybridized carbons (Fsp3) is 0.364. The third-order valence-electron chi connectivity index (χ3n) is 2.37. The molecule has 16 heavy (non-hydrogen) atoms. The highest BCUT2D eigenvalue weighted by Gasteiger charge is 2.05. The van der Waals surface area contributed by atoms with Gasteiger partial charge in [-0.25, -0.2) is 15.0 Å². The van der Waals surface area contributed by atoms with E-state index in [0.717, 1.165) is 34.8 Å². The number of imidazole rings is 1. The highest BCUT2D eigenvalue weighted by molar-refractivity contribution is 9.10. The van der Waals surface area contributed by atoms with Gasteiger partial charge in [-0.3, -0.25) is 0 Å². The van der Waals surface area contributed by atoms with Crippen molar-refractivity contribution in [1.82, 2.24) is 19.5 Å². The van der Waals surface area contributed by atoms with Gasteiger partial charge in [-0.05, 0) is 22.0 Å². The van der Waals surface area contributed by atoms with Gasteiger partial charge in [0.2, 0.25) is 0 Å². The molecule has 0 aliphatic rings. The monoisotopic (exact) mass is 280 g/mol. The Morgan fingerprint density at radius 1 is 1.38 bits per heavy atom. The number of nitrogens with zero attached hydrogens (tertiary/aromatic N) is 4. The van der Waals surface area contributed by atoms with Gasteiger partial charge in [-0.15, -0.1) is 0 Å². The van der Waals surface area contributed by atoms with Crippen molar-refractivity contribution >= 4 is 15.9 Å². The molecule has 0 aliphatic heterocycles. The number of rotatable bonds is 3. The van der Waals surface area contributed by atoms with Gasteiger partial charge in [0.25, 0.3) is 0 Å². The van der Waals surface area contributed by atoms with Crippen LogP contribution in [0.2, 0.25) is 0 Å². The van der Waals surface area contributed by atoms with Crippen LogP contribution < -0.4 is 0 Å². The highest BCUT2D eigenvalue weighted by Crippen LogP contribution is 2.11. The molecule has 0 saturated heterocycles. The smallest absolute Gasteiger partial charge is 0.129 e. The summed E-state index contributed by atoms with van der Waals surface area (Å²) < 4.78 is 2.84. The first-order valence-electron chi connectivity index (χ1n) is 5.17. The lowest BCUT2D eigenvalue weighted by Crippen LogP contribution is -2.03. The second-order valence-corrected chi connectivity index (χ2v) is 4.40. The molecular formula is C11H13BrN4. The summed E-state index contributed by atoms with van der Waals surface area (Å²) in [6.07, 6.45) is 5.31. The van der Waals surface area contributed by atoms with E-state index in [1.807, 2.05) is 30.8 Å². The molecule has 0 spiro atoms. The molecular weight excluding hydrogens is 268 g/mol. The molecule has 84 valence electrons. The van der Waals surface area contributed by atoms with Gasteiger partial charge in [-0.2, -0.15) is 0 Å². The molecule has 0 atom stereocenters. The average molecular weight is 281 g/mol. The first kappa shape index (κ1) is 11.3. The lowest BCUT2D eigenvalue weighted by Gasteiger charge is -2.04. The van der Waals surface area contributed by atoms with Crippen molar-refractivity contribution in [3.8, 4) is 0 Å². The van der Waals surface area contributed by atoms with E-state index in [-0.39, 0.29) is 0 Å². The van der Waals surface area contributed by atoms with Gasteiger partial charge in [0, 0.05) is 32.3 Å². The minimum Gasteiger partial charge on any atom is -0.338 e. The van der Waals surface area contributed by atoms with Crippen molar-refractivity contribution in [3.63, 3.8) is 0 Å². The topological polar surface area (TPSA) is 43.6 Å². The standard InChI is InChI=1S/C11H13BrN4/c1-3-10-14-8(6-9(12)15-10)7-11-13-4-5-16(11)2/h4-6H,3,7H2,1-2H3. The first-order valence-corrected chi connectivity index (χ1v) is 5.97. The van der Waals surface area contributed by atoms with Crippen molar-refractivity contribution < 1.29 is 0 Å². The van der Waals surface area contributed by atoms with E-state index in [1.165, 1.54) is 0 Å². The molecule has 0 fully saturated rings. The zero-order chi connectivity index (χ0) is 11.5. The third-order valence-corrected chi connectivity index (χ3v) is 2.78. The number of aromatic nitrogens is 4. The van der Waals surface area contributed by atoms with Crippen LogP contribution in [0, 0.1) is 0 Å². The van der Waals surface area contributed by atoms with E-state index in [0.29, 0.717) is 0 Å². The molecule has 0 bridgehead atoms. The Kier molecular flexibility index (Phi) is 3.33. The lowest BCUT2D eigenvalue weighted by atomic mass is 10.3. The van der Waals surface area contributed by atoms with Crippen LogP contribution in [0.15, 0.2) is 23.1 Å². The Balaban J connectivity index is 2.28. The number of hydrogen-bond acceptors (Lipinski definition) is 3. The van der Waals surface area contributed by atoms with E-state index in [2.05, 4.69) is 30.9 Å². The summed E-state index contributed by atoms with van der Waals surface area (Å²) in [5, 5.41) is 0. The lowest BCUT2D eigenvalue weighted by molar-refractivity contribution is 0.796. The van der Waals surface area contributed by atoms with Gasteiger partial charge >= 0.3 is 0 Å². The van der Waals surface area contributed by atoms with E-state index in [4.69, 9.17) is 0 Å². The Morgan fingerprint density at radius 2 is 2.19 bits per heavy atom. The fourth-order valence-electron chi connectivity index (χ4n) is 1.49. The number of halogens is 1. The molecule has 2 aromatic heterocycles. The molecule has 0 radical (unpaired) electrons. The van der Waals surface area contributed by atoms with E-state index in [9.17, 15) is 0 Å². The second kappa shape index (κ2) is 4.74. The Bertz CT molecular complexity index is 492. The van der Waals surface area contributed by atoms with Gasteiger partial charge in [0.1, 0.15) is 16.3 Å². The van der Waals surface area contributed by atoms with E-state index >= 15 is 0 Å². The SMILES string of the molecule is CCc1nc(Br)cc(Cc2nccn2C)n1. The van der Waals surface area contributed by atoms with Crippen molar-refractivity contribution in [1.29, 1.82) is 0 Å². The predicted octanol–water partition coefficient (Wildman–Crippen LogP) is 2.13. The Morgan fingerprint density at radius 3 is 2.81 bits per heavy atom. The second-order valence-electron chi connectivity index (χ2n) is 3.58. The highest BCUT2D eigenvalue weighted by atomic mass is 79.9. The van der Waals surface area contributed by atoms with Crippen molar-refractivity contribution in [2.75, 3.05) is 0 Å². The maximum absolute atomic E-state index is 4.47. The van der Waals surface area contributed by atoms with Gasteiger partial charge in [0.15, 0.2) is 0 Å². The molecule has 0 unspecified atom stereocenters. The van der Waals surface area contributed by atoms with Gasteiger partial charge in [-0.1, -0.05) is 6.92 Å². The Labute approximate surface area is 103 Å². The van der Waals surface area contributed by atoms with Crippen LogP contribution in [-0.4, -0.2) is 19.5 Å². The maximum atomic E-state index is 4.47. The summed E-state index contributed by atoms with van der Waals surface area (Å²) >= 11 is 3.40. The van der Waals surface area contributed by atoms with Gasteiger partial charge < -0.3 is 4.57 Å². The predicted molar refractivity (Wildman–Crippen MR) is 65.1 cm³/mol. The van der Waals surface area contributed by atoms with Crippen molar-refractivity contribution in [2.24, 2.45) is 7.05 Å². The first-order chi connectivity index (χ1) is 7.69. The van der Waals surface area contributed by atoms with E-state index in [1.54, 1.807) is 6.20 Å². The van der Waals surface area contributed by atoms with Crippen LogP contribution in [-0.2, 0) is 19.9 Å². The van der Waals surface area contributed by atoms with Crippen molar-refractivity contribution in [3.05, 3.63) is 40.4 Å². The molecule has 0 amide bonds. The number of hydrogen-bond donors (Lipinski definition) is 0. The van der Waals surface area contributed by atoms with Crippen LogP contribution in [0.25, 0.3) is 0 Å². The summed E-state index contributed by atoms with van der Waals surface area (Å²) in [6.45, 7) is 2.05. The molecule has 0 N–H and O–H groups in total. The molecule has 0 saturated carbocycles. The third kappa shape index (κ3) is 2.47. The van der Waals surface area contributed by atoms with Gasteiger partial charge in [0.05, 0.1) is 5.69 Å². The van der Waals surface area contributed by atoms with Crippen LogP contribution in [0.1, 0.15) is 24.3 Å². The van der Waals surface area contributed by atoms with Crippen LogP contribution in [0.4, 0.5) is 0 Å². The molecule has 0 aromatic carbocycles. The van der Waals surface area contributed by atoms with Crippen molar-refractivity contribution in [2.45, 2.75) is 19.8 Å². The number of aryl methyl sites for hydroxylation is 2. The van der Waals surface area contributed by atoms with Crippen LogP contribution >= 0.6 is 15.9 Å². The maximum Gasteiger partial charge on any atom is 0.129 e. The summed E-state index contributed by atoms with van der Waals surface area (Å²) in [5.74, 6) is 1.87. The quantitative estimate of drug-likeness (QED) is 0.809. The molecule has 2 rings (SSSR count). The summed E-state index contributed by atoms with van der Waals surface area (Å²) in [5.41, 5.74) is 0.994. The molecule has 2 heterocycles. The average Bonchev–Trinajstić information content (AvgIpc) is 2.63. The minimum absolute atomic E-state index is 0.734. The normalized spacial score (nSPS) is 10.7. The molecule has 5 heteroatoms. The largest absolute Gasteiger partial charge is 0.338 e. The molecule has 0 aliphatic carbocycles. The zero-order valence-electron chi connectivity index (χ0n) is 9.31. The van der Waals surface area contributed by atoms with E-state index < -0.39 is 0 Å². The summed E-state index contributed by atoms with van der Waals surface area (Å²) in [6, 6.07) is 1.94. The Hall–Kier alpha value is -1.23. The summed E-state index contributed by atoms with van der Waals surface area (Å²) in [4.78, 5) is 13.0. The molecule has 2 aromatic rings. The van der Waals surface area contributed by atoms with Crippen LogP contribution in [0.3, 0.4) is 0 Å². The zero-order valence-corrected chi connectivity index (χ0v) is 10.9. The minimum atomic E-state index is 0.734. The molecule has 4 nitrogen and oxygen atoms in total. The summed E-state index contributed by atoms with van der Waals surface area (Å²) in [7, 11) is 1.99.